The zero-order chi connectivity index (χ0) is 12.4. The molecule has 1 aromatic rings. The summed E-state index contributed by atoms with van der Waals surface area (Å²) in [6.45, 7) is 1.22. The molecule has 0 bridgehead atoms. The first-order chi connectivity index (χ1) is 8.09. The van der Waals surface area contributed by atoms with Crippen LogP contribution < -0.4 is 11.3 Å². The van der Waals surface area contributed by atoms with Gasteiger partial charge in [0, 0.05) is 32.4 Å². The van der Waals surface area contributed by atoms with Gasteiger partial charge in [0.2, 0.25) is 0 Å². The van der Waals surface area contributed by atoms with Crippen LogP contribution in [-0.4, -0.2) is 34.5 Å². The molecular weight excluding hydrogens is 218 g/mol. The second-order valence-electron chi connectivity index (χ2n) is 4.49. The van der Waals surface area contributed by atoms with E-state index in [-0.39, 0.29) is 23.1 Å². The Balaban J connectivity index is 2.25. The van der Waals surface area contributed by atoms with E-state index in [2.05, 4.69) is 0 Å². The van der Waals surface area contributed by atoms with E-state index in [0.29, 0.717) is 13.1 Å². The Morgan fingerprint density at radius 2 is 2.29 bits per heavy atom. The molecule has 0 unspecified atom stereocenters. The van der Waals surface area contributed by atoms with E-state index < -0.39 is 0 Å². The molecule has 1 amide bonds. The number of nitrogens with zero attached hydrogens (tertiary/aromatic N) is 2. The minimum absolute atomic E-state index is 0.0280. The highest BCUT2D eigenvalue weighted by Gasteiger charge is 2.24. The monoisotopic (exact) mass is 235 g/mol. The van der Waals surface area contributed by atoms with Gasteiger partial charge in [-0.3, -0.25) is 9.59 Å². The van der Waals surface area contributed by atoms with E-state index in [9.17, 15) is 9.59 Å². The first-order valence-corrected chi connectivity index (χ1v) is 5.80. The zero-order valence-electron chi connectivity index (χ0n) is 9.93. The molecule has 5 nitrogen and oxygen atoms in total. The molecule has 1 aromatic heterocycles. The minimum atomic E-state index is -0.253. The Morgan fingerprint density at radius 3 is 3.00 bits per heavy atom. The number of hydrogen-bond donors (Lipinski definition) is 1. The molecule has 2 rings (SSSR count). The average Bonchev–Trinajstić information content (AvgIpc) is 2.32. The van der Waals surface area contributed by atoms with Gasteiger partial charge in [-0.05, 0) is 25.0 Å². The summed E-state index contributed by atoms with van der Waals surface area (Å²) in [5.74, 6) is -0.207. The van der Waals surface area contributed by atoms with Gasteiger partial charge in [-0.15, -0.1) is 0 Å². The summed E-state index contributed by atoms with van der Waals surface area (Å²) in [5, 5.41) is 0. The summed E-state index contributed by atoms with van der Waals surface area (Å²) < 4.78 is 1.41. The van der Waals surface area contributed by atoms with Crippen molar-refractivity contribution in [2.24, 2.45) is 12.8 Å². The van der Waals surface area contributed by atoms with E-state index in [4.69, 9.17) is 5.73 Å². The van der Waals surface area contributed by atoms with Crippen molar-refractivity contribution in [2.45, 2.75) is 18.9 Å². The highest BCUT2D eigenvalue weighted by molar-refractivity contribution is 5.93. The highest BCUT2D eigenvalue weighted by Crippen LogP contribution is 2.10. The van der Waals surface area contributed by atoms with E-state index in [0.717, 1.165) is 12.8 Å². The normalized spacial score (nSPS) is 20.4. The number of aromatic nitrogens is 1. The Hall–Kier alpha value is -1.62. The number of hydrogen-bond acceptors (Lipinski definition) is 3. The molecule has 2 N–H and O–H groups in total. The molecule has 1 aliphatic rings. The predicted molar refractivity (Wildman–Crippen MR) is 64.8 cm³/mol. The van der Waals surface area contributed by atoms with Gasteiger partial charge in [-0.2, -0.15) is 0 Å². The van der Waals surface area contributed by atoms with Gasteiger partial charge in [0.15, 0.2) is 0 Å². The number of carbonyl (C=O) groups is 1. The lowest BCUT2D eigenvalue weighted by Crippen LogP contribution is -2.47. The summed E-state index contributed by atoms with van der Waals surface area (Å²) in [6.07, 6.45) is 3.48. The lowest BCUT2D eigenvalue weighted by Gasteiger charge is -2.30. The number of carbonyl (C=O) groups excluding carboxylic acids is 1. The average molecular weight is 235 g/mol. The van der Waals surface area contributed by atoms with Gasteiger partial charge in [0.25, 0.3) is 11.5 Å². The third-order valence-electron chi connectivity index (χ3n) is 3.10. The highest BCUT2D eigenvalue weighted by atomic mass is 16.2. The standard InChI is InChI=1S/C12H17N3O2/c1-14-6-3-5-10(11(14)16)12(17)15-7-2-4-9(13)8-15/h3,5-6,9H,2,4,7-8,13H2,1H3/t9-/m0/s1. The molecular formula is C12H17N3O2. The first-order valence-electron chi connectivity index (χ1n) is 5.80. The molecule has 5 heteroatoms. The van der Waals surface area contributed by atoms with Crippen LogP contribution >= 0.6 is 0 Å². The van der Waals surface area contributed by atoms with Gasteiger partial charge in [0.05, 0.1) is 0 Å². The van der Waals surface area contributed by atoms with Crippen LogP contribution in [0, 0.1) is 0 Å². The molecule has 2 heterocycles. The molecule has 0 aromatic carbocycles. The Bertz CT molecular complexity index is 481. The van der Waals surface area contributed by atoms with Crippen molar-refractivity contribution in [1.82, 2.24) is 9.47 Å². The molecule has 1 fully saturated rings. The van der Waals surface area contributed by atoms with Crippen molar-refractivity contribution in [3.8, 4) is 0 Å². The first kappa shape index (κ1) is 11.9. The van der Waals surface area contributed by atoms with Crippen LogP contribution in [0.15, 0.2) is 23.1 Å². The number of pyridine rings is 1. The Kier molecular flexibility index (Phi) is 3.28. The molecule has 17 heavy (non-hydrogen) atoms. The van der Waals surface area contributed by atoms with Crippen LogP contribution in [0.3, 0.4) is 0 Å². The van der Waals surface area contributed by atoms with Gasteiger partial charge in [-0.1, -0.05) is 0 Å². The lowest BCUT2D eigenvalue weighted by molar-refractivity contribution is 0.0706. The summed E-state index contributed by atoms with van der Waals surface area (Å²) in [5.41, 5.74) is 5.80. The summed E-state index contributed by atoms with van der Waals surface area (Å²) in [6, 6.07) is 3.31. The van der Waals surface area contributed by atoms with Crippen LogP contribution in [-0.2, 0) is 7.05 Å². The second kappa shape index (κ2) is 4.71. The molecule has 0 spiro atoms. The van der Waals surface area contributed by atoms with Gasteiger partial charge in [-0.25, -0.2) is 0 Å². The number of piperidine rings is 1. The van der Waals surface area contributed by atoms with E-state index in [1.807, 2.05) is 0 Å². The SMILES string of the molecule is Cn1cccc(C(=O)N2CCC[C@H](N)C2)c1=O. The number of aryl methyl sites for hydroxylation is 1. The molecule has 0 aliphatic carbocycles. The van der Waals surface area contributed by atoms with Crippen molar-refractivity contribution >= 4 is 5.91 Å². The van der Waals surface area contributed by atoms with Crippen molar-refractivity contribution < 1.29 is 4.79 Å². The maximum absolute atomic E-state index is 12.2. The second-order valence-corrected chi connectivity index (χ2v) is 4.49. The number of rotatable bonds is 1. The van der Waals surface area contributed by atoms with Crippen LogP contribution in [0.1, 0.15) is 23.2 Å². The summed E-state index contributed by atoms with van der Waals surface area (Å²) in [7, 11) is 1.64. The number of likely N-dealkylation sites (tertiary alicyclic amines) is 1. The van der Waals surface area contributed by atoms with Crippen LogP contribution in [0.25, 0.3) is 0 Å². The molecule has 92 valence electrons. The van der Waals surface area contributed by atoms with E-state index in [1.165, 1.54) is 4.57 Å². The third kappa shape index (κ3) is 2.39. The van der Waals surface area contributed by atoms with E-state index >= 15 is 0 Å². The maximum Gasteiger partial charge on any atom is 0.263 e. The van der Waals surface area contributed by atoms with Gasteiger partial charge in [0.1, 0.15) is 5.56 Å². The van der Waals surface area contributed by atoms with Crippen molar-refractivity contribution in [3.63, 3.8) is 0 Å². The topological polar surface area (TPSA) is 68.3 Å². The van der Waals surface area contributed by atoms with Crippen molar-refractivity contribution in [3.05, 3.63) is 34.2 Å². The molecule has 1 saturated heterocycles. The zero-order valence-corrected chi connectivity index (χ0v) is 9.93. The lowest BCUT2D eigenvalue weighted by atomic mass is 10.1. The number of nitrogens with two attached hydrogens (primary N) is 1. The van der Waals surface area contributed by atoms with Crippen molar-refractivity contribution in [2.75, 3.05) is 13.1 Å². The fourth-order valence-electron chi connectivity index (χ4n) is 2.12. The predicted octanol–water partition coefficient (Wildman–Crippen LogP) is -0.0514. The largest absolute Gasteiger partial charge is 0.337 e. The molecule has 0 saturated carbocycles. The molecule has 1 atom stereocenters. The van der Waals surface area contributed by atoms with Crippen LogP contribution in [0.2, 0.25) is 0 Å². The maximum atomic E-state index is 12.2. The molecule has 0 radical (unpaired) electrons. The minimum Gasteiger partial charge on any atom is -0.337 e. The van der Waals surface area contributed by atoms with Crippen molar-refractivity contribution in [1.29, 1.82) is 0 Å². The Morgan fingerprint density at radius 1 is 1.53 bits per heavy atom. The summed E-state index contributed by atoms with van der Waals surface area (Å²) >= 11 is 0. The fourth-order valence-corrected chi connectivity index (χ4v) is 2.12. The van der Waals surface area contributed by atoms with Gasteiger partial charge >= 0.3 is 0 Å². The molecule has 1 aliphatic heterocycles. The van der Waals surface area contributed by atoms with Crippen LogP contribution in [0.4, 0.5) is 0 Å². The van der Waals surface area contributed by atoms with E-state index in [1.54, 1.807) is 30.3 Å². The Labute approximate surface area is 99.8 Å². The summed E-state index contributed by atoms with van der Waals surface area (Å²) in [4.78, 5) is 25.7. The van der Waals surface area contributed by atoms with Gasteiger partial charge < -0.3 is 15.2 Å². The third-order valence-corrected chi connectivity index (χ3v) is 3.10. The van der Waals surface area contributed by atoms with Crippen LogP contribution in [0.5, 0.6) is 0 Å². The quantitative estimate of drug-likeness (QED) is 0.742. The number of amides is 1. The smallest absolute Gasteiger partial charge is 0.263 e. The fraction of sp³-hybridized carbons (Fsp3) is 0.500.